The Morgan fingerprint density at radius 3 is 2.65 bits per heavy atom. The summed E-state index contributed by atoms with van der Waals surface area (Å²) in [5.41, 5.74) is 6.72. The number of primary amides is 1. The van der Waals surface area contributed by atoms with Crippen molar-refractivity contribution in [1.29, 1.82) is 0 Å². The SMILES string of the molecule is COC(=O)N(C)C1CCC(Oc2cc(F)ccc2Nc2ncnc3sc(C(N)=O)c(C)c23)CC1. The average Bonchev–Trinajstić information content (AvgIpc) is 3.18. The van der Waals surface area contributed by atoms with Gasteiger partial charge in [-0.05, 0) is 50.3 Å². The number of fused-ring (bicyclic) bond motifs is 1. The molecule has 0 radical (unpaired) electrons. The number of aromatic nitrogens is 2. The summed E-state index contributed by atoms with van der Waals surface area (Å²) in [5, 5.41) is 3.90. The Balaban J connectivity index is 1.54. The van der Waals surface area contributed by atoms with Gasteiger partial charge in [0.15, 0.2) is 0 Å². The number of nitrogens with two attached hydrogens (primary N) is 1. The van der Waals surface area contributed by atoms with Crippen molar-refractivity contribution in [2.45, 2.75) is 44.8 Å². The van der Waals surface area contributed by atoms with Crippen LogP contribution in [0, 0.1) is 12.7 Å². The number of aryl methyl sites for hydroxylation is 1. The average molecular weight is 488 g/mol. The number of nitrogens with one attached hydrogen (secondary N) is 1. The van der Waals surface area contributed by atoms with Gasteiger partial charge in [-0.25, -0.2) is 19.2 Å². The Hall–Kier alpha value is -3.47. The normalized spacial score (nSPS) is 17.9. The van der Waals surface area contributed by atoms with E-state index < -0.39 is 11.7 Å². The number of methoxy groups -OCH3 is 1. The van der Waals surface area contributed by atoms with Crippen molar-refractivity contribution in [2.24, 2.45) is 5.73 Å². The molecule has 1 fully saturated rings. The lowest BCUT2D eigenvalue weighted by Crippen LogP contribution is -2.41. The first-order valence-electron chi connectivity index (χ1n) is 10.9. The third-order valence-electron chi connectivity index (χ3n) is 6.10. The smallest absolute Gasteiger partial charge is 0.409 e. The molecule has 0 aliphatic heterocycles. The van der Waals surface area contributed by atoms with E-state index in [1.54, 1.807) is 24.9 Å². The number of hydrogen-bond acceptors (Lipinski definition) is 8. The van der Waals surface area contributed by atoms with E-state index in [0.29, 0.717) is 50.8 Å². The summed E-state index contributed by atoms with van der Waals surface area (Å²) < 4.78 is 25.1. The molecular formula is C23H26FN5O4S. The van der Waals surface area contributed by atoms with Crippen LogP contribution < -0.4 is 15.8 Å². The topological polar surface area (TPSA) is 120 Å². The fourth-order valence-electron chi connectivity index (χ4n) is 4.25. The molecule has 180 valence electrons. The van der Waals surface area contributed by atoms with Gasteiger partial charge in [0.05, 0.1) is 29.2 Å². The highest BCUT2D eigenvalue weighted by Gasteiger charge is 2.28. The first-order chi connectivity index (χ1) is 16.3. The van der Waals surface area contributed by atoms with Crippen LogP contribution in [-0.2, 0) is 4.74 Å². The van der Waals surface area contributed by atoms with Crippen molar-refractivity contribution in [3.63, 3.8) is 0 Å². The Morgan fingerprint density at radius 2 is 1.97 bits per heavy atom. The number of carbonyl (C=O) groups excluding carboxylic acids is 2. The number of hydrogen-bond donors (Lipinski definition) is 2. The van der Waals surface area contributed by atoms with Crippen molar-refractivity contribution in [1.82, 2.24) is 14.9 Å². The molecule has 1 aliphatic rings. The summed E-state index contributed by atoms with van der Waals surface area (Å²) in [5.74, 6) is -0.105. The van der Waals surface area contributed by atoms with Gasteiger partial charge in [0, 0.05) is 19.2 Å². The molecule has 0 atom stereocenters. The molecule has 2 heterocycles. The van der Waals surface area contributed by atoms with Crippen LogP contribution in [0.15, 0.2) is 24.5 Å². The first-order valence-corrected chi connectivity index (χ1v) is 11.7. The highest BCUT2D eigenvalue weighted by Crippen LogP contribution is 2.37. The van der Waals surface area contributed by atoms with Gasteiger partial charge in [0.2, 0.25) is 0 Å². The lowest BCUT2D eigenvalue weighted by Gasteiger charge is -2.34. The van der Waals surface area contributed by atoms with Gasteiger partial charge in [0.25, 0.3) is 5.91 Å². The number of thiophene rings is 1. The zero-order valence-electron chi connectivity index (χ0n) is 19.1. The second kappa shape index (κ2) is 9.80. The minimum atomic E-state index is -0.522. The molecule has 1 aliphatic carbocycles. The number of benzene rings is 1. The van der Waals surface area contributed by atoms with Crippen LogP contribution in [0.2, 0.25) is 0 Å². The van der Waals surface area contributed by atoms with Gasteiger partial charge >= 0.3 is 6.09 Å². The number of rotatable bonds is 6. The van der Waals surface area contributed by atoms with E-state index in [-0.39, 0.29) is 18.2 Å². The molecular weight excluding hydrogens is 461 g/mol. The molecule has 3 N–H and O–H groups in total. The van der Waals surface area contributed by atoms with Crippen molar-refractivity contribution >= 4 is 45.1 Å². The molecule has 0 spiro atoms. The summed E-state index contributed by atoms with van der Waals surface area (Å²) in [6.45, 7) is 1.79. The Bertz CT molecular complexity index is 1230. The van der Waals surface area contributed by atoms with Crippen LogP contribution in [0.25, 0.3) is 10.2 Å². The summed E-state index contributed by atoms with van der Waals surface area (Å²) in [7, 11) is 3.09. The lowest BCUT2D eigenvalue weighted by atomic mass is 9.92. The molecule has 11 heteroatoms. The van der Waals surface area contributed by atoms with Gasteiger partial charge in [-0.3, -0.25) is 4.79 Å². The van der Waals surface area contributed by atoms with E-state index in [0.717, 1.165) is 12.8 Å². The van der Waals surface area contributed by atoms with Crippen LogP contribution in [0.1, 0.15) is 40.9 Å². The highest BCUT2D eigenvalue weighted by molar-refractivity contribution is 7.20. The van der Waals surface area contributed by atoms with Gasteiger partial charge in [-0.2, -0.15) is 0 Å². The highest BCUT2D eigenvalue weighted by atomic mass is 32.1. The van der Waals surface area contributed by atoms with Gasteiger partial charge in [-0.1, -0.05) is 0 Å². The number of nitrogens with zero attached hydrogens (tertiary/aromatic N) is 3. The Kier molecular flexibility index (Phi) is 6.82. The second-order valence-electron chi connectivity index (χ2n) is 8.22. The molecule has 0 unspecified atom stereocenters. The molecule has 0 saturated heterocycles. The zero-order valence-corrected chi connectivity index (χ0v) is 19.9. The van der Waals surface area contributed by atoms with Crippen molar-refractivity contribution in [3.05, 3.63) is 40.8 Å². The Morgan fingerprint density at radius 1 is 1.24 bits per heavy atom. The Labute approximate surface area is 200 Å². The lowest BCUT2D eigenvalue weighted by molar-refractivity contribution is 0.0812. The molecule has 2 aromatic heterocycles. The second-order valence-corrected chi connectivity index (χ2v) is 9.22. The maximum absolute atomic E-state index is 14.1. The van der Waals surface area contributed by atoms with Gasteiger partial charge < -0.3 is 25.4 Å². The molecule has 1 saturated carbocycles. The summed E-state index contributed by atoms with van der Waals surface area (Å²) in [6.07, 6.45) is 3.85. The standard InChI is InChI=1S/C23H26FN5O4S/c1-12-18-21(26-11-27-22(18)34-19(12)20(25)30)28-16-9-4-13(24)10-17(16)33-15-7-5-14(6-8-15)29(2)23(31)32-3/h4,9-11,14-15H,5-8H2,1-3H3,(H2,25,30)(H,26,27,28). The largest absolute Gasteiger partial charge is 0.488 e. The van der Waals surface area contributed by atoms with E-state index in [1.807, 2.05) is 0 Å². The first kappa shape index (κ1) is 23.7. The minimum absolute atomic E-state index is 0.0766. The number of carbonyl (C=O) groups is 2. The predicted molar refractivity (Wildman–Crippen MR) is 127 cm³/mol. The van der Waals surface area contributed by atoms with Crippen LogP contribution in [-0.4, -0.2) is 53.2 Å². The fraction of sp³-hybridized carbons (Fsp3) is 0.391. The molecule has 3 aromatic rings. The molecule has 9 nitrogen and oxygen atoms in total. The molecule has 0 bridgehead atoms. The maximum Gasteiger partial charge on any atom is 0.409 e. The molecule has 4 rings (SSSR count). The van der Waals surface area contributed by atoms with Gasteiger partial charge in [-0.15, -0.1) is 11.3 Å². The number of ether oxygens (including phenoxy) is 2. The van der Waals surface area contributed by atoms with E-state index in [1.165, 1.54) is 36.9 Å². The van der Waals surface area contributed by atoms with Crippen LogP contribution in [0.5, 0.6) is 5.75 Å². The van der Waals surface area contributed by atoms with Crippen LogP contribution in [0.4, 0.5) is 20.7 Å². The minimum Gasteiger partial charge on any atom is -0.488 e. The number of amides is 2. The van der Waals surface area contributed by atoms with Crippen molar-refractivity contribution in [3.8, 4) is 5.75 Å². The maximum atomic E-state index is 14.1. The third kappa shape index (κ3) is 4.74. The molecule has 1 aromatic carbocycles. The van der Waals surface area contributed by atoms with E-state index in [4.69, 9.17) is 15.2 Å². The number of halogens is 1. The van der Waals surface area contributed by atoms with Crippen molar-refractivity contribution in [2.75, 3.05) is 19.5 Å². The number of anilines is 2. The fourth-order valence-corrected chi connectivity index (χ4v) is 5.25. The van der Waals surface area contributed by atoms with E-state index in [9.17, 15) is 14.0 Å². The zero-order chi connectivity index (χ0) is 24.4. The monoisotopic (exact) mass is 487 g/mol. The quantitative estimate of drug-likeness (QED) is 0.530. The van der Waals surface area contributed by atoms with Gasteiger partial charge in [0.1, 0.15) is 28.5 Å². The molecule has 34 heavy (non-hydrogen) atoms. The molecule has 2 amide bonds. The third-order valence-corrected chi connectivity index (χ3v) is 7.31. The van der Waals surface area contributed by atoms with Crippen molar-refractivity contribution < 1.29 is 23.5 Å². The predicted octanol–water partition coefficient (Wildman–Crippen LogP) is 4.37. The summed E-state index contributed by atoms with van der Waals surface area (Å²) >= 11 is 1.20. The van der Waals surface area contributed by atoms with Crippen LogP contribution in [0.3, 0.4) is 0 Å². The van der Waals surface area contributed by atoms with E-state index in [2.05, 4.69) is 15.3 Å². The van der Waals surface area contributed by atoms with E-state index >= 15 is 0 Å². The summed E-state index contributed by atoms with van der Waals surface area (Å²) in [6, 6.07) is 4.34. The van der Waals surface area contributed by atoms with Crippen LogP contribution >= 0.6 is 11.3 Å². The summed E-state index contributed by atoms with van der Waals surface area (Å²) in [4.78, 5) is 34.8.